The van der Waals surface area contributed by atoms with Gasteiger partial charge in [-0.3, -0.25) is 4.79 Å². The van der Waals surface area contributed by atoms with E-state index in [2.05, 4.69) is 27.7 Å². The van der Waals surface area contributed by atoms with Crippen molar-refractivity contribution in [2.45, 2.75) is 0 Å². The van der Waals surface area contributed by atoms with Crippen molar-refractivity contribution in [1.82, 2.24) is 0 Å². The first-order chi connectivity index (χ1) is 14.0. The molecule has 0 spiro atoms. The summed E-state index contributed by atoms with van der Waals surface area (Å²) in [5.74, 6) is 0.884. The Hall–Kier alpha value is -3.67. The topological polar surface area (TPSA) is 62.8 Å². The van der Waals surface area contributed by atoms with Gasteiger partial charge in [-0.15, -0.1) is 0 Å². The van der Waals surface area contributed by atoms with E-state index in [0.29, 0.717) is 17.2 Å². The predicted octanol–water partition coefficient (Wildman–Crippen LogP) is 4.52. The van der Waals surface area contributed by atoms with Gasteiger partial charge in [-0.2, -0.15) is 0 Å². The van der Waals surface area contributed by atoms with Crippen LogP contribution in [0.4, 0.5) is 22.7 Å². The van der Waals surface area contributed by atoms with Crippen LogP contribution >= 0.6 is 0 Å². The number of carbonyl (C=O) groups is 1. The molecule has 0 atom stereocenters. The van der Waals surface area contributed by atoms with Crippen molar-refractivity contribution in [3.8, 4) is 11.5 Å². The SMILES string of the molecule is COc1ccccc1OCC(=O)Nc1ccc(Nc2ccc(N(C)C)cc2)cc1. The molecule has 1 amide bonds. The average molecular weight is 391 g/mol. The molecular weight excluding hydrogens is 366 g/mol. The van der Waals surface area contributed by atoms with Gasteiger partial charge in [0.2, 0.25) is 0 Å². The van der Waals surface area contributed by atoms with Gasteiger partial charge in [-0.1, -0.05) is 12.1 Å². The van der Waals surface area contributed by atoms with Gasteiger partial charge in [-0.25, -0.2) is 0 Å². The largest absolute Gasteiger partial charge is 0.493 e. The third kappa shape index (κ3) is 5.65. The van der Waals surface area contributed by atoms with Crippen molar-refractivity contribution in [3.05, 3.63) is 72.8 Å². The first-order valence-electron chi connectivity index (χ1n) is 9.25. The summed E-state index contributed by atoms with van der Waals surface area (Å²) in [7, 11) is 5.59. The van der Waals surface area contributed by atoms with Crippen LogP contribution in [-0.2, 0) is 4.79 Å². The smallest absolute Gasteiger partial charge is 0.262 e. The second kappa shape index (κ2) is 9.50. The molecule has 0 radical (unpaired) electrons. The molecule has 150 valence electrons. The number of nitrogens with zero attached hydrogens (tertiary/aromatic N) is 1. The third-order valence-electron chi connectivity index (χ3n) is 4.27. The lowest BCUT2D eigenvalue weighted by molar-refractivity contribution is -0.118. The lowest BCUT2D eigenvalue weighted by atomic mass is 10.2. The maximum Gasteiger partial charge on any atom is 0.262 e. The van der Waals surface area contributed by atoms with Crippen LogP contribution in [0.15, 0.2) is 72.8 Å². The van der Waals surface area contributed by atoms with E-state index in [1.807, 2.05) is 62.6 Å². The molecule has 0 heterocycles. The monoisotopic (exact) mass is 391 g/mol. The molecule has 0 saturated carbocycles. The third-order valence-corrected chi connectivity index (χ3v) is 4.27. The summed E-state index contributed by atoms with van der Waals surface area (Å²) in [5.41, 5.74) is 3.78. The van der Waals surface area contributed by atoms with Gasteiger partial charge in [0.05, 0.1) is 7.11 Å². The summed E-state index contributed by atoms with van der Waals surface area (Å²) in [5, 5.41) is 6.16. The fraction of sp³-hybridized carbons (Fsp3) is 0.174. The molecular formula is C23H25N3O3. The highest BCUT2D eigenvalue weighted by Crippen LogP contribution is 2.26. The van der Waals surface area contributed by atoms with E-state index in [4.69, 9.17) is 9.47 Å². The Morgan fingerprint density at radius 3 is 1.97 bits per heavy atom. The first-order valence-corrected chi connectivity index (χ1v) is 9.25. The molecule has 0 unspecified atom stereocenters. The van der Waals surface area contributed by atoms with Crippen molar-refractivity contribution in [2.24, 2.45) is 0 Å². The molecule has 6 heteroatoms. The fourth-order valence-corrected chi connectivity index (χ4v) is 2.72. The molecule has 0 aliphatic rings. The van der Waals surface area contributed by atoms with Crippen LogP contribution < -0.4 is 25.0 Å². The number of hydrogen-bond acceptors (Lipinski definition) is 5. The summed E-state index contributed by atoms with van der Waals surface area (Å²) in [6, 6.07) is 22.9. The Labute approximate surface area is 171 Å². The molecule has 6 nitrogen and oxygen atoms in total. The molecule has 0 aromatic heterocycles. The van der Waals surface area contributed by atoms with Crippen LogP contribution in [0.2, 0.25) is 0 Å². The van der Waals surface area contributed by atoms with Crippen molar-refractivity contribution >= 4 is 28.7 Å². The number of carbonyl (C=O) groups excluding carboxylic acids is 1. The Balaban J connectivity index is 1.52. The minimum Gasteiger partial charge on any atom is -0.493 e. The van der Waals surface area contributed by atoms with Gasteiger partial charge >= 0.3 is 0 Å². The molecule has 0 bridgehead atoms. The van der Waals surface area contributed by atoms with Gasteiger partial charge in [0, 0.05) is 36.8 Å². The van der Waals surface area contributed by atoms with Crippen LogP contribution in [0.25, 0.3) is 0 Å². The Morgan fingerprint density at radius 1 is 0.828 bits per heavy atom. The van der Waals surface area contributed by atoms with E-state index in [1.54, 1.807) is 19.2 Å². The van der Waals surface area contributed by atoms with Crippen LogP contribution in [0, 0.1) is 0 Å². The summed E-state index contributed by atoms with van der Waals surface area (Å²) >= 11 is 0. The molecule has 0 fully saturated rings. The fourth-order valence-electron chi connectivity index (χ4n) is 2.72. The molecule has 29 heavy (non-hydrogen) atoms. The molecule has 0 aliphatic heterocycles. The van der Waals surface area contributed by atoms with Gasteiger partial charge in [0.15, 0.2) is 18.1 Å². The Kier molecular flexibility index (Phi) is 6.58. The maximum atomic E-state index is 12.2. The molecule has 3 aromatic carbocycles. The number of para-hydroxylation sites is 2. The number of nitrogens with one attached hydrogen (secondary N) is 2. The predicted molar refractivity (Wildman–Crippen MR) is 118 cm³/mol. The van der Waals surface area contributed by atoms with Gasteiger partial charge in [0.1, 0.15) is 0 Å². The zero-order valence-electron chi connectivity index (χ0n) is 16.8. The number of hydrogen-bond donors (Lipinski definition) is 2. The lowest BCUT2D eigenvalue weighted by Crippen LogP contribution is -2.20. The normalized spacial score (nSPS) is 10.2. The quantitative estimate of drug-likeness (QED) is 0.591. The Bertz CT molecular complexity index is 938. The van der Waals surface area contributed by atoms with Crippen LogP contribution in [0.1, 0.15) is 0 Å². The summed E-state index contributed by atoms with van der Waals surface area (Å²) in [6.07, 6.45) is 0. The van der Waals surface area contributed by atoms with Gasteiger partial charge < -0.3 is 25.0 Å². The molecule has 2 N–H and O–H groups in total. The van der Waals surface area contributed by atoms with Crippen LogP contribution in [-0.4, -0.2) is 33.7 Å². The van der Waals surface area contributed by atoms with E-state index < -0.39 is 0 Å². The van der Waals surface area contributed by atoms with E-state index in [-0.39, 0.29) is 12.5 Å². The lowest BCUT2D eigenvalue weighted by Gasteiger charge is -2.14. The second-order valence-corrected chi connectivity index (χ2v) is 6.63. The number of rotatable bonds is 8. The van der Waals surface area contributed by atoms with Gasteiger partial charge in [-0.05, 0) is 60.7 Å². The minimum absolute atomic E-state index is 0.0986. The van der Waals surface area contributed by atoms with Gasteiger partial charge in [0.25, 0.3) is 5.91 Å². The number of benzene rings is 3. The van der Waals surface area contributed by atoms with E-state index in [9.17, 15) is 4.79 Å². The summed E-state index contributed by atoms with van der Waals surface area (Å²) in [6.45, 7) is -0.0986. The number of ether oxygens (including phenoxy) is 2. The second-order valence-electron chi connectivity index (χ2n) is 6.63. The van der Waals surface area contributed by atoms with Crippen molar-refractivity contribution in [1.29, 1.82) is 0 Å². The first kappa shape index (κ1) is 20.1. The van der Waals surface area contributed by atoms with Crippen LogP contribution in [0.3, 0.4) is 0 Å². The minimum atomic E-state index is -0.240. The number of methoxy groups -OCH3 is 1. The highest BCUT2D eigenvalue weighted by molar-refractivity contribution is 5.92. The zero-order valence-corrected chi connectivity index (χ0v) is 16.8. The maximum absolute atomic E-state index is 12.2. The number of amides is 1. The highest BCUT2D eigenvalue weighted by Gasteiger charge is 2.07. The van der Waals surface area contributed by atoms with E-state index in [0.717, 1.165) is 17.1 Å². The molecule has 0 aliphatic carbocycles. The molecule has 0 saturated heterocycles. The van der Waals surface area contributed by atoms with Crippen molar-refractivity contribution in [3.63, 3.8) is 0 Å². The summed E-state index contributed by atoms with van der Waals surface area (Å²) in [4.78, 5) is 14.2. The zero-order chi connectivity index (χ0) is 20.6. The van der Waals surface area contributed by atoms with Crippen molar-refractivity contribution in [2.75, 3.05) is 43.3 Å². The van der Waals surface area contributed by atoms with Crippen LogP contribution in [0.5, 0.6) is 11.5 Å². The summed E-state index contributed by atoms with van der Waals surface area (Å²) < 4.78 is 10.7. The molecule has 3 aromatic rings. The molecule has 3 rings (SSSR count). The standard InChI is InChI=1S/C23H25N3O3/c1-26(2)20-14-12-18(13-15-20)24-17-8-10-19(11-9-17)25-23(27)16-29-22-7-5-4-6-21(22)28-3/h4-15,24H,16H2,1-3H3,(H,25,27). The number of anilines is 4. The average Bonchev–Trinajstić information content (AvgIpc) is 2.74. The van der Waals surface area contributed by atoms with E-state index >= 15 is 0 Å². The van der Waals surface area contributed by atoms with Crippen molar-refractivity contribution < 1.29 is 14.3 Å². The van der Waals surface area contributed by atoms with E-state index in [1.165, 1.54) is 0 Å². The highest BCUT2D eigenvalue weighted by atomic mass is 16.5. The Morgan fingerprint density at radius 2 is 1.38 bits per heavy atom.